The SMILES string of the molecule is COc1cc(NC(C)=O)cc(OC(=O)c2ccc3ncccc3c2)c1. The van der Waals surface area contributed by atoms with E-state index in [1.54, 1.807) is 48.7 Å². The number of pyridine rings is 1. The van der Waals surface area contributed by atoms with Gasteiger partial charge in [0, 0.05) is 42.4 Å². The fourth-order valence-corrected chi connectivity index (χ4v) is 2.39. The third-order valence-electron chi connectivity index (χ3n) is 3.49. The zero-order valence-corrected chi connectivity index (χ0v) is 13.8. The lowest BCUT2D eigenvalue weighted by Crippen LogP contribution is -2.10. The average Bonchev–Trinajstić information content (AvgIpc) is 2.60. The molecule has 0 radical (unpaired) electrons. The zero-order chi connectivity index (χ0) is 17.8. The molecule has 3 aromatic rings. The Kier molecular flexibility index (Phi) is 4.61. The van der Waals surface area contributed by atoms with Gasteiger partial charge in [-0.15, -0.1) is 0 Å². The third-order valence-corrected chi connectivity index (χ3v) is 3.49. The number of benzene rings is 2. The maximum absolute atomic E-state index is 12.4. The summed E-state index contributed by atoms with van der Waals surface area (Å²) in [7, 11) is 1.49. The van der Waals surface area contributed by atoms with Crippen LogP contribution in [0.4, 0.5) is 5.69 Å². The summed E-state index contributed by atoms with van der Waals surface area (Å²) >= 11 is 0. The fourth-order valence-electron chi connectivity index (χ4n) is 2.39. The highest BCUT2D eigenvalue weighted by molar-refractivity contribution is 5.96. The van der Waals surface area contributed by atoms with E-state index in [-0.39, 0.29) is 11.7 Å². The molecule has 126 valence electrons. The van der Waals surface area contributed by atoms with Gasteiger partial charge in [-0.3, -0.25) is 9.78 Å². The summed E-state index contributed by atoms with van der Waals surface area (Å²) in [4.78, 5) is 27.9. The van der Waals surface area contributed by atoms with Crippen LogP contribution in [-0.2, 0) is 4.79 Å². The van der Waals surface area contributed by atoms with Crippen LogP contribution < -0.4 is 14.8 Å². The maximum Gasteiger partial charge on any atom is 0.343 e. The van der Waals surface area contributed by atoms with Crippen LogP contribution in [0.5, 0.6) is 11.5 Å². The minimum atomic E-state index is -0.507. The summed E-state index contributed by atoms with van der Waals surface area (Å²) in [6.45, 7) is 1.40. The number of ether oxygens (including phenoxy) is 2. The molecule has 1 amide bonds. The smallest absolute Gasteiger partial charge is 0.343 e. The number of anilines is 1. The molecule has 0 aliphatic carbocycles. The Labute approximate surface area is 144 Å². The Morgan fingerprint density at radius 1 is 1.04 bits per heavy atom. The quantitative estimate of drug-likeness (QED) is 0.583. The number of hydrogen-bond donors (Lipinski definition) is 1. The number of esters is 1. The van der Waals surface area contributed by atoms with E-state index >= 15 is 0 Å². The summed E-state index contributed by atoms with van der Waals surface area (Å²) < 4.78 is 10.6. The normalized spacial score (nSPS) is 10.3. The Balaban J connectivity index is 1.87. The number of carbonyl (C=O) groups is 2. The highest BCUT2D eigenvalue weighted by Crippen LogP contribution is 2.27. The van der Waals surface area contributed by atoms with E-state index in [9.17, 15) is 9.59 Å². The number of hydrogen-bond acceptors (Lipinski definition) is 5. The van der Waals surface area contributed by atoms with E-state index in [0.717, 1.165) is 10.9 Å². The van der Waals surface area contributed by atoms with E-state index in [4.69, 9.17) is 9.47 Å². The monoisotopic (exact) mass is 336 g/mol. The Morgan fingerprint density at radius 3 is 2.60 bits per heavy atom. The summed E-state index contributed by atoms with van der Waals surface area (Å²) in [6, 6.07) is 13.6. The molecule has 0 bridgehead atoms. The number of rotatable bonds is 4. The van der Waals surface area contributed by atoms with Crippen LogP contribution in [0, 0.1) is 0 Å². The van der Waals surface area contributed by atoms with Gasteiger partial charge in [-0.2, -0.15) is 0 Å². The van der Waals surface area contributed by atoms with Crippen LogP contribution in [0.3, 0.4) is 0 Å². The van der Waals surface area contributed by atoms with Crippen LogP contribution in [-0.4, -0.2) is 24.0 Å². The van der Waals surface area contributed by atoms with Gasteiger partial charge < -0.3 is 14.8 Å². The number of carbonyl (C=O) groups excluding carboxylic acids is 2. The van der Waals surface area contributed by atoms with Gasteiger partial charge in [0.1, 0.15) is 11.5 Å². The van der Waals surface area contributed by atoms with Crippen molar-refractivity contribution >= 4 is 28.5 Å². The van der Waals surface area contributed by atoms with Gasteiger partial charge in [-0.25, -0.2) is 4.79 Å². The summed E-state index contributed by atoms with van der Waals surface area (Å²) in [6.07, 6.45) is 1.69. The first-order valence-corrected chi connectivity index (χ1v) is 7.59. The highest BCUT2D eigenvalue weighted by atomic mass is 16.5. The van der Waals surface area contributed by atoms with Crippen molar-refractivity contribution in [2.24, 2.45) is 0 Å². The highest BCUT2D eigenvalue weighted by Gasteiger charge is 2.12. The first kappa shape index (κ1) is 16.4. The van der Waals surface area contributed by atoms with Crippen LogP contribution in [0.15, 0.2) is 54.7 Å². The Hall–Kier alpha value is -3.41. The molecule has 25 heavy (non-hydrogen) atoms. The first-order chi connectivity index (χ1) is 12.0. The zero-order valence-electron chi connectivity index (χ0n) is 13.8. The molecule has 1 aromatic heterocycles. The average molecular weight is 336 g/mol. The van der Waals surface area contributed by atoms with Crippen molar-refractivity contribution in [3.05, 3.63) is 60.3 Å². The van der Waals surface area contributed by atoms with Crippen molar-refractivity contribution < 1.29 is 19.1 Å². The molecule has 0 aliphatic heterocycles. The second kappa shape index (κ2) is 7.00. The van der Waals surface area contributed by atoms with Gasteiger partial charge in [0.15, 0.2) is 0 Å². The van der Waals surface area contributed by atoms with Crippen LogP contribution in [0.1, 0.15) is 17.3 Å². The predicted octanol–water partition coefficient (Wildman–Crippen LogP) is 3.42. The molecule has 1 heterocycles. The van der Waals surface area contributed by atoms with E-state index in [0.29, 0.717) is 17.0 Å². The minimum absolute atomic E-state index is 0.229. The molecule has 0 atom stereocenters. The van der Waals surface area contributed by atoms with Gasteiger partial charge in [0.25, 0.3) is 0 Å². The fraction of sp³-hybridized carbons (Fsp3) is 0.105. The molecule has 1 N–H and O–H groups in total. The Bertz CT molecular complexity index is 953. The number of amides is 1. The van der Waals surface area contributed by atoms with Crippen molar-refractivity contribution in [2.45, 2.75) is 6.92 Å². The number of nitrogens with zero attached hydrogens (tertiary/aromatic N) is 1. The van der Waals surface area contributed by atoms with E-state index in [1.165, 1.54) is 14.0 Å². The molecule has 0 unspecified atom stereocenters. The molecule has 0 saturated heterocycles. The largest absolute Gasteiger partial charge is 0.497 e. The van der Waals surface area contributed by atoms with Crippen LogP contribution >= 0.6 is 0 Å². The molecule has 3 rings (SSSR count). The summed E-state index contributed by atoms with van der Waals surface area (Å²) in [5.74, 6) is 0.0106. The number of fused-ring (bicyclic) bond motifs is 1. The lowest BCUT2D eigenvalue weighted by molar-refractivity contribution is -0.114. The van der Waals surface area contributed by atoms with Crippen molar-refractivity contribution in [3.63, 3.8) is 0 Å². The van der Waals surface area contributed by atoms with Gasteiger partial charge in [0.2, 0.25) is 5.91 Å². The number of nitrogens with one attached hydrogen (secondary N) is 1. The van der Waals surface area contributed by atoms with E-state index in [2.05, 4.69) is 10.3 Å². The first-order valence-electron chi connectivity index (χ1n) is 7.59. The molecular weight excluding hydrogens is 320 g/mol. The van der Waals surface area contributed by atoms with Crippen molar-refractivity contribution in [1.82, 2.24) is 4.98 Å². The minimum Gasteiger partial charge on any atom is -0.497 e. The van der Waals surface area contributed by atoms with Crippen LogP contribution in [0.2, 0.25) is 0 Å². The summed E-state index contributed by atoms with van der Waals surface area (Å²) in [5, 5.41) is 3.49. The molecule has 0 saturated carbocycles. The molecule has 0 aliphatic rings. The molecule has 0 fully saturated rings. The maximum atomic E-state index is 12.4. The van der Waals surface area contributed by atoms with Crippen molar-refractivity contribution in [2.75, 3.05) is 12.4 Å². The van der Waals surface area contributed by atoms with Gasteiger partial charge in [-0.1, -0.05) is 6.07 Å². The van der Waals surface area contributed by atoms with Gasteiger partial charge in [-0.05, 0) is 24.3 Å². The number of aromatic nitrogens is 1. The van der Waals surface area contributed by atoms with Gasteiger partial charge >= 0.3 is 5.97 Å². The molecule has 2 aromatic carbocycles. The second-order valence-electron chi connectivity index (χ2n) is 5.38. The van der Waals surface area contributed by atoms with Gasteiger partial charge in [0.05, 0.1) is 18.2 Å². The lowest BCUT2D eigenvalue weighted by atomic mass is 10.1. The number of methoxy groups -OCH3 is 1. The van der Waals surface area contributed by atoms with Crippen LogP contribution in [0.25, 0.3) is 10.9 Å². The Morgan fingerprint density at radius 2 is 1.84 bits per heavy atom. The molecular formula is C19H16N2O4. The summed E-state index contributed by atoms with van der Waals surface area (Å²) in [5.41, 5.74) is 1.69. The predicted molar refractivity (Wildman–Crippen MR) is 94.0 cm³/mol. The topological polar surface area (TPSA) is 77.5 Å². The molecule has 6 heteroatoms. The molecule has 0 spiro atoms. The standard InChI is InChI=1S/C19H16N2O4/c1-12(22)21-15-9-16(24-2)11-17(10-15)25-19(23)14-5-6-18-13(8-14)4-3-7-20-18/h3-11H,1-2H3,(H,21,22). The second-order valence-corrected chi connectivity index (χ2v) is 5.38. The third kappa shape index (κ3) is 3.92. The lowest BCUT2D eigenvalue weighted by Gasteiger charge is -2.10. The molecule has 6 nitrogen and oxygen atoms in total. The van der Waals surface area contributed by atoms with Crippen molar-refractivity contribution in [3.8, 4) is 11.5 Å². The van der Waals surface area contributed by atoms with Crippen molar-refractivity contribution in [1.29, 1.82) is 0 Å². The van der Waals surface area contributed by atoms with E-state index in [1.807, 2.05) is 6.07 Å². The van der Waals surface area contributed by atoms with E-state index < -0.39 is 5.97 Å².